The summed E-state index contributed by atoms with van der Waals surface area (Å²) in [6.45, 7) is 4.28. The smallest absolute Gasteiger partial charge is 0.295 e. The molecule has 26 heavy (non-hydrogen) atoms. The Kier molecular flexibility index (Phi) is 5.42. The molecule has 1 aliphatic heterocycles. The number of hydrogen-bond donors (Lipinski definition) is 1. The van der Waals surface area contributed by atoms with E-state index < -0.39 is 0 Å². The molecule has 3 rings (SSSR count). The lowest BCUT2D eigenvalue weighted by Crippen LogP contribution is -2.33. The van der Waals surface area contributed by atoms with E-state index in [-0.39, 0.29) is 23.6 Å². The highest BCUT2D eigenvalue weighted by atomic mass is 32.2. The molecule has 0 atom stereocenters. The second kappa shape index (κ2) is 7.74. The molecule has 0 saturated carbocycles. The highest BCUT2D eigenvalue weighted by Crippen LogP contribution is 2.32. The SMILES string of the molecule is CC(C)c1ccc(/C=C2/SC(=O)N(CNc3ccc(F)cc3)C2=O)cc1. The van der Waals surface area contributed by atoms with E-state index in [1.807, 2.05) is 24.3 Å². The Labute approximate surface area is 156 Å². The van der Waals surface area contributed by atoms with Crippen molar-refractivity contribution in [3.63, 3.8) is 0 Å². The van der Waals surface area contributed by atoms with E-state index in [0.29, 0.717) is 16.5 Å². The van der Waals surface area contributed by atoms with Crippen LogP contribution in [0, 0.1) is 5.82 Å². The van der Waals surface area contributed by atoms with Crippen molar-refractivity contribution in [2.75, 3.05) is 12.0 Å². The molecule has 1 heterocycles. The maximum absolute atomic E-state index is 12.9. The number of benzene rings is 2. The molecule has 1 N–H and O–H groups in total. The molecule has 0 unspecified atom stereocenters. The molecule has 4 nitrogen and oxygen atoms in total. The van der Waals surface area contributed by atoms with E-state index in [1.165, 1.54) is 17.7 Å². The van der Waals surface area contributed by atoms with Crippen molar-refractivity contribution in [1.29, 1.82) is 0 Å². The summed E-state index contributed by atoms with van der Waals surface area (Å²) in [4.78, 5) is 26.2. The molecule has 2 aromatic carbocycles. The third-order valence-corrected chi connectivity index (χ3v) is 4.97. The summed E-state index contributed by atoms with van der Waals surface area (Å²) in [5, 5.41) is 2.63. The van der Waals surface area contributed by atoms with Crippen molar-refractivity contribution in [3.8, 4) is 0 Å². The maximum atomic E-state index is 12.9. The van der Waals surface area contributed by atoms with Crippen molar-refractivity contribution < 1.29 is 14.0 Å². The van der Waals surface area contributed by atoms with Gasteiger partial charge in [0, 0.05) is 5.69 Å². The Balaban J connectivity index is 1.68. The molecular formula is C20H19FN2O2S. The standard InChI is InChI=1S/C20H19FN2O2S/c1-13(2)15-5-3-14(4-6-15)11-18-19(24)23(20(25)26-18)12-22-17-9-7-16(21)8-10-17/h3-11,13,22H,12H2,1-2H3/b18-11+. The zero-order chi connectivity index (χ0) is 18.7. The monoisotopic (exact) mass is 370 g/mol. The van der Waals surface area contributed by atoms with Gasteiger partial charge in [-0.25, -0.2) is 4.39 Å². The van der Waals surface area contributed by atoms with Gasteiger partial charge in [-0.15, -0.1) is 0 Å². The van der Waals surface area contributed by atoms with Gasteiger partial charge in [0.15, 0.2) is 0 Å². The molecule has 2 aromatic rings. The van der Waals surface area contributed by atoms with Crippen LogP contribution in [0.15, 0.2) is 53.4 Å². The number of carbonyl (C=O) groups excluding carboxylic acids is 2. The lowest BCUT2D eigenvalue weighted by Gasteiger charge is -2.14. The predicted molar refractivity (Wildman–Crippen MR) is 103 cm³/mol. The molecule has 6 heteroatoms. The van der Waals surface area contributed by atoms with Gasteiger partial charge in [-0.3, -0.25) is 14.5 Å². The number of nitrogens with one attached hydrogen (secondary N) is 1. The number of anilines is 1. The van der Waals surface area contributed by atoms with Gasteiger partial charge in [-0.2, -0.15) is 0 Å². The van der Waals surface area contributed by atoms with Gasteiger partial charge >= 0.3 is 0 Å². The van der Waals surface area contributed by atoms with Crippen molar-refractivity contribution in [3.05, 3.63) is 70.4 Å². The second-order valence-corrected chi connectivity index (χ2v) is 7.27. The normalized spacial score (nSPS) is 16.0. The van der Waals surface area contributed by atoms with Crippen LogP contribution in [0.5, 0.6) is 0 Å². The largest absolute Gasteiger partial charge is 0.367 e. The van der Waals surface area contributed by atoms with Gasteiger partial charge in [-0.05, 0) is 59.1 Å². The first-order valence-corrected chi connectivity index (χ1v) is 9.10. The van der Waals surface area contributed by atoms with Crippen molar-refractivity contribution in [2.24, 2.45) is 0 Å². The maximum Gasteiger partial charge on any atom is 0.295 e. The first kappa shape index (κ1) is 18.2. The van der Waals surface area contributed by atoms with Gasteiger partial charge in [-0.1, -0.05) is 38.1 Å². The fraction of sp³-hybridized carbons (Fsp3) is 0.200. The van der Waals surface area contributed by atoms with Crippen molar-refractivity contribution in [1.82, 2.24) is 4.90 Å². The van der Waals surface area contributed by atoms with E-state index in [0.717, 1.165) is 22.2 Å². The summed E-state index contributed by atoms with van der Waals surface area (Å²) < 4.78 is 12.9. The van der Waals surface area contributed by atoms with Crippen LogP contribution >= 0.6 is 11.8 Å². The topological polar surface area (TPSA) is 49.4 Å². The van der Waals surface area contributed by atoms with Crippen LogP contribution in [-0.2, 0) is 4.79 Å². The molecule has 0 spiro atoms. The van der Waals surface area contributed by atoms with Crippen LogP contribution in [0.1, 0.15) is 30.9 Å². The van der Waals surface area contributed by atoms with Gasteiger partial charge < -0.3 is 5.32 Å². The summed E-state index contributed by atoms with van der Waals surface area (Å²) in [6, 6.07) is 13.7. The number of carbonyl (C=O) groups is 2. The number of rotatable bonds is 5. The first-order valence-electron chi connectivity index (χ1n) is 8.29. The summed E-state index contributed by atoms with van der Waals surface area (Å²) >= 11 is 0.923. The van der Waals surface area contributed by atoms with Crippen LogP contribution in [0.4, 0.5) is 14.9 Å². The lowest BCUT2D eigenvalue weighted by molar-refractivity contribution is -0.122. The Hall–Kier alpha value is -2.60. The average molecular weight is 370 g/mol. The summed E-state index contributed by atoms with van der Waals surface area (Å²) in [5.41, 5.74) is 2.74. The van der Waals surface area contributed by atoms with Crippen LogP contribution in [-0.4, -0.2) is 22.7 Å². The van der Waals surface area contributed by atoms with Gasteiger partial charge in [0.25, 0.3) is 11.1 Å². The minimum atomic E-state index is -0.340. The van der Waals surface area contributed by atoms with Gasteiger partial charge in [0.2, 0.25) is 0 Å². The number of imide groups is 1. The molecule has 0 bridgehead atoms. The number of halogens is 1. The van der Waals surface area contributed by atoms with Crippen LogP contribution in [0.25, 0.3) is 6.08 Å². The van der Waals surface area contributed by atoms with Crippen molar-refractivity contribution >= 4 is 34.7 Å². The second-order valence-electron chi connectivity index (χ2n) is 6.27. The van der Waals surface area contributed by atoms with Crippen LogP contribution < -0.4 is 5.32 Å². The summed E-state index contributed by atoms with van der Waals surface area (Å²) in [6.07, 6.45) is 1.73. The molecule has 1 fully saturated rings. The molecule has 0 aliphatic carbocycles. The van der Waals surface area contributed by atoms with E-state index in [2.05, 4.69) is 19.2 Å². The Bertz CT molecular complexity index is 845. The minimum Gasteiger partial charge on any atom is -0.367 e. The quantitative estimate of drug-likeness (QED) is 0.748. The molecule has 1 saturated heterocycles. The molecular weight excluding hydrogens is 351 g/mol. The number of nitrogens with zero attached hydrogens (tertiary/aromatic N) is 1. The number of hydrogen-bond acceptors (Lipinski definition) is 4. The zero-order valence-corrected chi connectivity index (χ0v) is 15.3. The average Bonchev–Trinajstić information content (AvgIpc) is 2.88. The lowest BCUT2D eigenvalue weighted by atomic mass is 10.0. The first-order chi connectivity index (χ1) is 12.4. The fourth-order valence-electron chi connectivity index (χ4n) is 2.50. The van der Waals surface area contributed by atoms with Crippen LogP contribution in [0.2, 0.25) is 0 Å². The van der Waals surface area contributed by atoms with E-state index >= 15 is 0 Å². The number of thioether (sulfide) groups is 1. The van der Waals surface area contributed by atoms with E-state index in [1.54, 1.807) is 18.2 Å². The zero-order valence-electron chi connectivity index (χ0n) is 14.5. The number of amides is 2. The molecule has 0 radical (unpaired) electrons. The predicted octanol–water partition coefficient (Wildman–Crippen LogP) is 5.06. The third kappa shape index (κ3) is 4.14. The fourth-order valence-corrected chi connectivity index (χ4v) is 3.34. The Morgan fingerprint density at radius 2 is 1.73 bits per heavy atom. The molecule has 0 aromatic heterocycles. The summed E-state index contributed by atoms with van der Waals surface area (Å²) in [5.74, 6) is -0.232. The summed E-state index contributed by atoms with van der Waals surface area (Å²) in [7, 11) is 0. The van der Waals surface area contributed by atoms with Gasteiger partial charge in [0.05, 0.1) is 11.6 Å². The molecule has 2 amide bonds. The Morgan fingerprint density at radius 3 is 2.35 bits per heavy atom. The van der Waals surface area contributed by atoms with E-state index in [9.17, 15) is 14.0 Å². The third-order valence-electron chi connectivity index (χ3n) is 4.06. The minimum absolute atomic E-state index is 0.0416. The van der Waals surface area contributed by atoms with Crippen LogP contribution in [0.3, 0.4) is 0 Å². The molecule has 1 aliphatic rings. The highest BCUT2D eigenvalue weighted by Gasteiger charge is 2.34. The highest BCUT2D eigenvalue weighted by molar-refractivity contribution is 8.18. The van der Waals surface area contributed by atoms with Gasteiger partial charge in [0.1, 0.15) is 5.82 Å². The molecule has 134 valence electrons. The van der Waals surface area contributed by atoms with Crippen molar-refractivity contribution in [2.45, 2.75) is 19.8 Å². The van der Waals surface area contributed by atoms with E-state index in [4.69, 9.17) is 0 Å². The Morgan fingerprint density at radius 1 is 1.08 bits per heavy atom.